The fraction of sp³-hybridized carbons (Fsp3) is 1.00. The Morgan fingerprint density at radius 2 is 2.00 bits per heavy atom. The molecule has 2 rings (SSSR count). The first-order valence-electron chi connectivity index (χ1n) is 3.07. The average Bonchev–Trinajstić information content (AvgIpc) is 2.13. The van der Waals surface area contributed by atoms with Crippen LogP contribution in [-0.2, 0) is 0 Å². The molecule has 0 aromatic heterocycles. The van der Waals surface area contributed by atoms with Gasteiger partial charge in [0.25, 0.3) is 0 Å². The number of fused-ring (bicyclic) bond motifs is 1. The van der Waals surface area contributed by atoms with Crippen LogP contribution in [0.1, 0.15) is 12.8 Å². The molecule has 0 aliphatic heterocycles. The Morgan fingerprint density at radius 3 is 2.12 bits per heavy atom. The molecule has 0 heterocycles. The standard InChI is InChI=1S/C6H8F2/c7-6(8)5-2-3-1-4(3)5/h3-6H,1-2H2/t3?,4?,5-/m0/s1. The maximum absolute atomic E-state index is 11.8. The molecule has 0 nitrogen and oxygen atoms in total. The van der Waals surface area contributed by atoms with E-state index in [4.69, 9.17) is 0 Å². The minimum Gasteiger partial charge on any atom is -0.210 e. The molecule has 46 valence electrons. The predicted octanol–water partition coefficient (Wildman–Crippen LogP) is 1.91. The lowest BCUT2D eigenvalue weighted by atomic mass is 9.86. The van der Waals surface area contributed by atoms with E-state index in [1.54, 1.807) is 0 Å². The number of rotatable bonds is 1. The van der Waals surface area contributed by atoms with Crippen LogP contribution in [-0.4, -0.2) is 6.43 Å². The largest absolute Gasteiger partial charge is 0.241 e. The van der Waals surface area contributed by atoms with Crippen LogP contribution in [0.5, 0.6) is 0 Å². The van der Waals surface area contributed by atoms with E-state index in [-0.39, 0.29) is 5.92 Å². The molecule has 3 atom stereocenters. The Hall–Kier alpha value is -0.140. The number of hydrogen-bond donors (Lipinski definition) is 0. The monoisotopic (exact) mass is 118 g/mol. The van der Waals surface area contributed by atoms with E-state index >= 15 is 0 Å². The summed E-state index contributed by atoms with van der Waals surface area (Å²) in [6, 6.07) is 0. The van der Waals surface area contributed by atoms with Crippen molar-refractivity contribution in [3.63, 3.8) is 0 Å². The average molecular weight is 118 g/mol. The lowest BCUT2D eigenvalue weighted by molar-refractivity contribution is 0.0256. The smallest absolute Gasteiger partial charge is 0.210 e. The van der Waals surface area contributed by atoms with Gasteiger partial charge in [-0.15, -0.1) is 0 Å². The molecule has 8 heavy (non-hydrogen) atoms. The first-order chi connectivity index (χ1) is 3.79. The van der Waals surface area contributed by atoms with Crippen LogP contribution in [0.4, 0.5) is 8.78 Å². The second kappa shape index (κ2) is 1.23. The summed E-state index contributed by atoms with van der Waals surface area (Å²) in [5.41, 5.74) is 0. The van der Waals surface area contributed by atoms with Crippen LogP contribution in [0.25, 0.3) is 0 Å². The molecule has 2 unspecified atom stereocenters. The summed E-state index contributed by atoms with van der Waals surface area (Å²) in [5.74, 6) is 0.948. The molecule has 0 amide bonds. The molecule has 2 heteroatoms. The maximum atomic E-state index is 11.8. The second-order valence-corrected chi connectivity index (χ2v) is 2.89. The highest BCUT2D eigenvalue weighted by Gasteiger charge is 2.56. The highest BCUT2D eigenvalue weighted by atomic mass is 19.3. The van der Waals surface area contributed by atoms with Crippen molar-refractivity contribution < 1.29 is 8.78 Å². The van der Waals surface area contributed by atoms with Crippen molar-refractivity contribution in [1.82, 2.24) is 0 Å². The summed E-state index contributed by atoms with van der Waals surface area (Å²) in [6.07, 6.45) is -0.129. The van der Waals surface area contributed by atoms with Gasteiger partial charge in [-0.1, -0.05) is 0 Å². The van der Waals surface area contributed by atoms with E-state index in [1.807, 2.05) is 0 Å². The van der Waals surface area contributed by atoms with E-state index < -0.39 is 6.43 Å². The SMILES string of the molecule is FC(F)[C@H]1CC2CC21. The highest BCUT2D eigenvalue weighted by molar-refractivity contribution is 5.03. The summed E-state index contributed by atoms with van der Waals surface area (Å²) < 4.78 is 23.5. The van der Waals surface area contributed by atoms with Crippen LogP contribution < -0.4 is 0 Å². The zero-order valence-corrected chi connectivity index (χ0v) is 4.48. The molecule has 2 saturated carbocycles. The molecule has 0 spiro atoms. The lowest BCUT2D eigenvalue weighted by Crippen LogP contribution is -2.23. The van der Waals surface area contributed by atoms with Gasteiger partial charge in [0, 0.05) is 5.92 Å². The molecule has 0 N–H and O–H groups in total. The number of alkyl halides is 2. The molecule has 2 aliphatic carbocycles. The van der Waals surface area contributed by atoms with Crippen molar-refractivity contribution in [3.05, 3.63) is 0 Å². The third kappa shape index (κ3) is 0.434. The van der Waals surface area contributed by atoms with E-state index in [0.29, 0.717) is 11.8 Å². The Labute approximate surface area is 46.9 Å². The summed E-state index contributed by atoms with van der Waals surface area (Å²) in [4.78, 5) is 0. The van der Waals surface area contributed by atoms with Crippen LogP contribution in [0.15, 0.2) is 0 Å². The summed E-state index contributed by atoms with van der Waals surface area (Å²) in [5, 5.41) is 0. The van der Waals surface area contributed by atoms with Crippen molar-refractivity contribution in [1.29, 1.82) is 0 Å². The predicted molar refractivity (Wildman–Crippen MR) is 25.7 cm³/mol. The lowest BCUT2D eigenvalue weighted by Gasteiger charge is -2.22. The van der Waals surface area contributed by atoms with Gasteiger partial charge in [0.2, 0.25) is 6.43 Å². The van der Waals surface area contributed by atoms with Crippen molar-refractivity contribution in [3.8, 4) is 0 Å². The van der Waals surface area contributed by atoms with Crippen molar-refractivity contribution in [2.45, 2.75) is 19.3 Å². The normalized spacial score (nSPS) is 50.6. The van der Waals surface area contributed by atoms with E-state index in [0.717, 1.165) is 12.8 Å². The molecule has 0 bridgehead atoms. The number of halogens is 2. The third-order valence-electron chi connectivity index (χ3n) is 2.43. The van der Waals surface area contributed by atoms with Gasteiger partial charge in [0.1, 0.15) is 0 Å². The van der Waals surface area contributed by atoms with Crippen molar-refractivity contribution in [2.24, 2.45) is 17.8 Å². The van der Waals surface area contributed by atoms with E-state index in [9.17, 15) is 8.78 Å². The molecule has 2 fully saturated rings. The Kier molecular flexibility index (Phi) is 0.722. The van der Waals surface area contributed by atoms with Gasteiger partial charge in [-0.2, -0.15) is 0 Å². The van der Waals surface area contributed by atoms with Crippen molar-refractivity contribution >= 4 is 0 Å². The zero-order chi connectivity index (χ0) is 5.72. The summed E-state index contributed by atoms with van der Waals surface area (Å²) in [6.45, 7) is 0. The second-order valence-electron chi connectivity index (χ2n) is 2.89. The van der Waals surface area contributed by atoms with Gasteiger partial charge >= 0.3 is 0 Å². The summed E-state index contributed by atoms with van der Waals surface area (Å²) in [7, 11) is 0. The quantitative estimate of drug-likeness (QED) is 0.493. The van der Waals surface area contributed by atoms with Gasteiger partial charge < -0.3 is 0 Å². The Morgan fingerprint density at radius 1 is 1.25 bits per heavy atom. The van der Waals surface area contributed by atoms with Crippen LogP contribution in [0.2, 0.25) is 0 Å². The maximum Gasteiger partial charge on any atom is 0.241 e. The van der Waals surface area contributed by atoms with Crippen LogP contribution >= 0.6 is 0 Å². The minimum atomic E-state index is -2.03. The molecule has 0 aromatic carbocycles. The van der Waals surface area contributed by atoms with E-state index in [1.165, 1.54) is 0 Å². The fourth-order valence-corrected chi connectivity index (χ4v) is 1.68. The van der Waals surface area contributed by atoms with Gasteiger partial charge in [-0.05, 0) is 24.7 Å². The number of hydrogen-bond acceptors (Lipinski definition) is 0. The fourth-order valence-electron chi connectivity index (χ4n) is 1.68. The van der Waals surface area contributed by atoms with Gasteiger partial charge in [-0.25, -0.2) is 8.78 Å². The highest BCUT2D eigenvalue weighted by Crippen LogP contribution is 2.61. The Bertz CT molecular complexity index is 109. The van der Waals surface area contributed by atoms with Gasteiger partial charge in [-0.3, -0.25) is 0 Å². The van der Waals surface area contributed by atoms with Crippen LogP contribution in [0.3, 0.4) is 0 Å². The molecule has 0 radical (unpaired) electrons. The first-order valence-corrected chi connectivity index (χ1v) is 3.07. The van der Waals surface area contributed by atoms with E-state index in [2.05, 4.69) is 0 Å². The third-order valence-corrected chi connectivity index (χ3v) is 2.43. The zero-order valence-electron chi connectivity index (χ0n) is 4.48. The minimum absolute atomic E-state index is 0.208. The summed E-state index contributed by atoms with van der Waals surface area (Å²) >= 11 is 0. The molecular formula is C6H8F2. The van der Waals surface area contributed by atoms with Crippen LogP contribution in [0, 0.1) is 17.8 Å². The molecule has 0 saturated heterocycles. The Balaban J connectivity index is 1.92. The van der Waals surface area contributed by atoms with Crippen molar-refractivity contribution in [2.75, 3.05) is 0 Å². The molecule has 0 aromatic rings. The molecule has 2 aliphatic rings. The topological polar surface area (TPSA) is 0 Å². The van der Waals surface area contributed by atoms with Gasteiger partial charge in [0.15, 0.2) is 0 Å². The molecular weight excluding hydrogens is 110 g/mol. The van der Waals surface area contributed by atoms with Gasteiger partial charge in [0.05, 0.1) is 0 Å². The first kappa shape index (κ1) is 4.71.